The minimum atomic E-state index is 0.0118. The molecule has 0 saturated heterocycles. The highest BCUT2D eigenvalue weighted by atomic mass is 16.5. The second kappa shape index (κ2) is 4.45. The fraction of sp³-hybridized carbons (Fsp3) is 0.0833. The summed E-state index contributed by atoms with van der Waals surface area (Å²) >= 11 is 0. The number of nitrogens with zero attached hydrogens (tertiary/aromatic N) is 3. The molecule has 0 radical (unpaired) electrons. The van der Waals surface area contributed by atoms with Crippen molar-refractivity contribution < 1.29 is 14.4 Å². The summed E-state index contributed by atoms with van der Waals surface area (Å²) in [5.74, 6) is 1.57. The molecule has 2 aromatic heterocycles. The van der Waals surface area contributed by atoms with E-state index >= 15 is 0 Å². The molecule has 0 aliphatic heterocycles. The number of aromatic nitrogens is 4. The molecule has 3 aromatic rings. The largest absolute Gasteiger partial charge is 0.504 e. The number of H-pyrrole nitrogens is 1. The van der Waals surface area contributed by atoms with Gasteiger partial charge >= 0.3 is 0 Å². The lowest BCUT2D eigenvalue weighted by Crippen LogP contribution is -1.85. The number of imidazole rings is 1. The Morgan fingerprint density at radius 2 is 2.26 bits per heavy atom. The van der Waals surface area contributed by atoms with Crippen LogP contribution in [0.25, 0.3) is 23.1 Å². The fourth-order valence-electron chi connectivity index (χ4n) is 1.65. The van der Waals surface area contributed by atoms with Crippen LogP contribution in [0.15, 0.2) is 35.1 Å². The normalized spacial score (nSPS) is 10.6. The standard InChI is InChI=1S/C12H10N4O3/c1-18-9-3-2-7(6-8(9)17)12-15-11(16-19-12)10-13-4-5-14-10/h2-6,17H,1H3,(H,13,14). The average Bonchev–Trinajstić information content (AvgIpc) is 3.09. The highest BCUT2D eigenvalue weighted by molar-refractivity contribution is 5.60. The zero-order valence-corrected chi connectivity index (χ0v) is 9.99. The van der Waals surface area contributed by atoms with E-state index in [9.17, 15) is 5.11 Å². The summed E-state index contributed by atoms with van der Waals surface area (Å²) in [4.78, 5) is 11.1. The Hall–Kier alpha value is -2.83. The van der Waals surface area contributed by atoms with Crippen molar-refractivity contribution in [1.82, 2.24) is 20.1 Å². The van der Waals surface area contributed by atoms with Gasteiger partial charge in [0.15, 0.2) is 17.3 Å². The zero-order valence-electron chi connectivity index (χ0n) is 9.99. The van der Waals surface area contributed by atoms with Crippen LogP contribution < -0.4 is 4.74 Å². The summed E-state index contributed by atoms with van der Waals surface area (Å²) < 4.78 is 10.1. The molecule has 1 aromatic carbocycles. The number of aromatic amines is 1. The second-order valence-electron chi connectivity index (χ2n) is 3.75. The molecule has 2 N–H and O–H groups in total. The zero-order chi connectivity index (χ0) is 13.2. The third-order valence-corrected chi connectivity index (χ3v) is 2.56. The van der Waals surface area contributed by atoms with E-state index in [1.165, 1.54) is 13.2 Å². The van der Waals surface area contributed by atoms with Gasteiger partial charge in [-0.2, -0.15) is 4.98 Å². The molecule has 0 aliphatic carbocycles. The van der Waals surface area contributed by atoms with Crippen LogP contribution in [-0.2, 0) is 0 Å². The molecule has 3 rings (SSSR count). The number of aromatic hydroxyl groups is 1. The Morgan fingerprint density at radius 3 is 2.95 bits per heavy atom. The smallest absolute Gasteiger partial charge is 0.258 e. The maximum absolute atomic E-state index is 9.71. The van der Waals surface area contributed by atoms with Crippen LogP contribution in [0.2, 0.25) is 0 Å². The SMILES string of the molecule is COc1ccc(-c2nc(-c3ncc[nH]3)no2)cc1O. The first-order valence-corrected chi connectivity index (χ1v) is 5.49. The number of methoxy groups -OCH3 is 1. The molecule has 7 heteroatoms. The van der Waals surface area contributed by atoms with Gasteiger partial charge < -0.3 is 19.4 Å². The number of nitrogens with one attached hydrogen (secondary N) is 1. The van der Waals surface area contributed by atoms with Gasteiger partial charge in [0.1, 0.15) is 0 Å². The fourth-order valence-corrected chi connectivity index (χ4v) is 1.65. The van der Waals surface area contributed by atoms with Gasteiger partial charge in [-0.3, -0.25) is 0 Å². The number of hydrogen-bond donors (Lipinski definition) is 2. The van der Waals surface area contributed by atoms with E-state index in [0.717, 1.165) is 0 Å². The number of benzene rings is 1. The highest BCUT2D eigenvalue weighted by Gasteiger charge is 2.13. The van der Waals surface area contributed by atoms with E-state index in [0.29, 0.717) is 28.9 Å². The molecular formula is C12H10N4O3. The summed E-state index contributed by atoms with van der Waals surface area (Å²) in [6.07, 6.45) is 3.27. The monoisotopic (exact) mass is 258 g/mol. The second-order valence-corrected chi connectivity index (χ2v) is 3.75. The summed E-state index contributed by atoms with van der Waals surface area (Å²) in [5, 5.41) is 13.5. The molecular weight excluding hydrogens is 248 g/mol. The quantitative estimate of drug-likeness (QED) is 0.744. The minimum Gasteiger partial charge on any atom is -0.504 e. The van der Waals surface area contributed by atoms with Gasteiger partial charge in [-0.1, -0.05) is 5.16 Å². The lowest BCUT2D eigenvalue weighted by atomic mass is 10.2. The van der Waals surface area contributed by atoms with Crippen LogP contribution in [0.3, 0.4) is 0 Å². The van der Waals surface area contributed by atoms with Crippen molar-refractivity contribution in [1.29, 1.82) is 0 Å². The number of phenols is 1. The van der Waals surface area contributed by atoms with E-state index < -0.39 is 0 Å². The van der Waals surface area contributed by atoms with Gasteiger partial charge in [-0.25, -0.2) is 4.98 Å². The van der Waals surface area contributed by atoms with Gasteiger partial charge in [0, 0.05) is 18.0 Å². The molecule has 0 atom stereocenters. The first-order chi connectivity index (χ1) is 9.28. The van der Waals surface area contributed by atoms with Gasteiger partial charge in [0.05, 0.1) is 7.11 Å². The predicted molar refractivity (Wildman–Crippen MR) is 65.5 cm³/mol. The van der Waals surface area contributed by atoms with Gasteiger partial charge in [-0.05, 0) is 18.2 Å². The summed E-state index contributed by atoms with van der Waals surface area (Å²) in [7, 11) is 1.48. The third kappa shape index (κ3) is 2.01. The molecule has 0 fully saturated rings. The maximum atomic E-state index is 9.71. The van der Waals surface area contributed by atoms with Crippen molar-refractivity contribution in [3.63, 3.8) is 0 Å². The van der Waals surface area contributed by atoms with Crippen LogP contribution in [-0.4, -0.2) is 32.3 Å². The van der Waals surface area contributed by atoms with Crippen molar-refractivity contribution in [2.75, 3.05) is 7.11 Å². The predicted octanol–water partition coefficient (Wildman–Crippen LogP) is 1.84. The van der Waals surface area contributed by atoms with E-state index in [1.807, 2.05) is 0 Å². The Balaban J connectivity index is 1.97. The van der Waals surface area contributed by atoms with Crippen LogP contribution in [0.5, 0.6) is 11.5 Å². The van der Waals surface area contributed by atoms with Crippen molar-refractivity contribution in [2.45, 2.75) is 0 Å². The van der Waals surface area contributed by atoms with Crippen LogP contribution in [0, 0.1) is 0 Å². The molecule has 0 saturated carbocycles. The molecule has 19 heavy (non-hydrogen) atoms. The molecule has 96 valence electrons. The van der Waals surface area contributed by atoms with Gasteiger partial charge in [0.25, 0.3) is 5.89 Å². The Kier molecular flexibility index (Phi) is 2.64. The summed E-state index contributed by atoms with van der Waals surface area (Å²) in [5.41, 5.74) is 0.601. The molecule has 0 aliphatic rings. The highest BCUT2D eigenvalue weighted by Crippen LogP contribution is 2.31. The number of ether oxygens (including phenoxy) is 1. The van der Waals surface area contributed by atoms with E-state index in [1.54, 1.807) is 24.5 Å². The van der Waals surface area contributed by atoms with E-state index in [4.69, 9.17) is 9.26 Å². The molecule has 2 heterocycles. The Bertz CT molecular complexity index is 691. The molecule has 7 nitrogen and oxygen atoms in total. The Morgan fingerprint density at radius 1 is 1.37 bits per heavy atom. The topological polar surface area (TPSA) is 97.1 Å². The molecule has 0 amide bonds. The third-order valence-electron chi connectivity index (χ3n) is 2.56. The number of phenolic OH excluding ortho intramolecular Hbond substituents is 1. The first-order valence-electron chi connectivity index (χ1n) is 5.49. The molecule has 0 unspecified atom stereocenters. The van der Waals surface area contributed by atoms with Crippen LogP contribution >= 0.6 is 0 Å². The summed E-state index contributed by atoms with van der Waals surface area (Å²) in [6.45, 7) is 0. The van der Waals surface area contributed by atoms with Crippen molar-refractivity contribution in [2.24, 2.45) is 0 Å². The minimum absolute atomic E-state index is 0.0118. The van der Waals surface area contributed by atoms with Crippen LogP contribution in [0.1, 0.15) is 0 Å². The Labute approximate surface area is 107 Å². The van der Waals surface area contributed by atoms with E-state index in [2.05, 4.69) is 20.1 Å². The van der Waals surface area contributed by atoms with Crippen LogP contribution in [0.4, 0.5) is 0 Å². The number of hydrogen-bond acceptors (Lipinski definition) is 6. The lowest BCUT2D eigenvalue weighted by Gasteiger charge is -2.02. The summed E-state index contributed by atoms with van der Waals surface area (Å²) in [6, 6.07) is 4.84. The molecule has 0 bridgehead atoms. The van der Waals surface area contributed by atoms with Gasteiger partial charge in [-0.15, -0.1) is 0 Å². The van der Waals surface area contributed by atoms with Gasteiger partial charge in [0.2, 0.25) is 5.82 Å². The van der Waals surface area contributed by atoms with Crippen molar-refractivity contribution in [3.8, 4) is 34.6 Å². The number of rotatable bonds is 3. The average molecular weight is 258 g/mol. The van der Waals surface area contributed by atoms with Crippen molar-refractivity contribution >= 4 is 0 Å². The van der Waals surface area contributed by atoms with Crippen molar-refractivity contribution in [3.05, 3.63) is 30.6 Å². The molecule has 0 spiro atoms. The maximum Gasteiger partial charge on any atom is 0.258 e. The first kappa shape index (κ1) is 11.3. The van der Waals surface area contributed by atoms with E-state index in [-0.39, 0.29) is 5.75 Å². The lowest BCUT2D eigenvalue weighted by molar-refractivity contribution is 0.373.